The molecule has 0 saturated carbocycles. The number of nitrogens with zero attached hydrogens (tertiary/aromatic N) is 4. The van der Waals surface area contributed by atoms with Gasteiger partial charge in [0, 0.05) is 18.1 Å². The minimum absolute atomic E-state index is 0.810. The molecule has 0 spiro atoms. The lowest BCUT2D eigenvalue weighted by Crippen LogP contribution is -2.41. The molecule has 0 aliphatic carbocycles. The van der Waals surface area contributed by atoms with Gasteiger partial charge >= 0.3 is 0 Å². The van der Waals surface area contributed by atoms with Gasteiger partial charge in [-0.15, -0.1) is 0 Å². The maximum Gasteiger partial charge on any atom is 0.00958 e. The summed E-state index contributed by atoms with van der Waals surface area (Å²) in [5.41, 5.74) is 0. The van der Waals surface area contributed by atoms with Gasteiger partial charge < -0.3 is 19.6 Å². The van der Waals surface area contributed by atoms with Crippen LogP contribution in [0.25, 0.3) is 0 Å². The van der Waals surface area contributed by atoms with Crippen molar-refractivity contribution in [2.75, 3.05) is 58.9 Å². The monoisotopic (exact) mass is 951 g/mol. The molecule has 0 bridgehead atoms. The van der Waals surface area contributed by atoms with Gasteiger partial charge in [-0.05, 0) is 155 Å². The summed E-state index contributed by atoms with van der Waals surface area (Å²) in [4.78, 5) is 12.2. The van der Waals surface area contributed by atoms with Crippen LogP contribution in [0.2, 0.25) is 0 Å². The van der Waals surface area contributed by atoms with Crippen molar-refractivity contribution < 1.29 is 0 Å². The predicted molar refractivity (Wildman–Crippen MR) is 304 cm³/mol. The first-order valence-electron chi connectivity index (χ1n) is 32.8. The zero-order valence-corrected chi connectivity index (χ0v) is 46.9. The smallest absolute Gasteiger partial charge is 0.00958 e. The number of hydrogen-bond acceptors (Lipinski definition) is 4. The zero-order chi connectivity index (χ0) is 47.5. The van der Waals surface area contributed by atoms with Gasteiger partial charge in [0.1, 0.15) is 0 Å². The van der Waals surface area contributed by atoms with Gasteiger partial charge in [-0.1, -0.05) is 238 Å². The van der Waals surface area contributed by atoms with E-state index < -0.39 is 0 Å². The highest BCUT2D eigenvalue weighted by atomic mass is 15.2. The molecule has 4 fully saturated rings. The third kappa shape index (κ3) is 31.4. The molecule has 4 aliphatic rings. The van der Waals surface area contributed by atoms with Crippen molar-refractivity contribution in [3.05, 3.63) is 0 Å². The summed E-state index contributed by atoms with van der Waals surface area (Å²) in [6.45, 7) is 14.8. The Balaban J connectivity index is 1.38. The SMILES string of the molecule is CCCCCCC(CCC(CCCCCCC(CCCN1CCCCCCCCCCC1)N1CCCCCCCCCCC1)N1CCCCCCCCCCC1)N1CCCCCCCCCCC1. The molecule has 4 heteroatoms. The first-order chi connectivity index (χ1) is 33.8. The average molecular weight is 952 g/mol. The Labute approximate surface area is 429 Å². The van der Waals surface area contributed by atoms with E-state index in [-0.39, 0.29) is 0 Å². The molecule has 0 N–H and O–H groups in total. The second-order valence-corrected chi connectivity index (χ2v) is 24.2. The molecule has 4 aliphatic heterocycles. The molecule has 0 aromatic carbocycles. The molecule has 4 heterocycles. The molecule has 4 saturated heterocycles. The van der Waals surface area contributed by atoms with Gasteiger partial charge in [0.15, 0.2) is 0 Å². The number of unbranched alkanes of at least 4 members (excludes halogenated alkanes) is 6. The summed E-state index contributed by atoms with van der Waals surface area (Å²) in [7, 11) is 0. The molecule has 68 heavy (non-hydrogen) atoms. The molecule has 3 atom stereocenters. The van der Waals surface area contributed by atoms with Crippen molar-refractivity contribution in [1.29, 1.82) is 0 Å². The van der Waals surface area contributed by atoms with Crippen LogP contribution >= 0.6 is 0 Å². The first kappa shape index (κ1) is 60.4. The van der Waals surface area contributed by atoms with E-state index in [0.717, 1.165) is 18.1 Å². The zero-order valence-electron chi connectivity index (χ0n) is 46.9. The molecule has 0 aromatic heterocycles. The van der Waals surface area contributed by atoms with Gasteiger partial charge in [-0.25, -0.2) is 0 Å². The molecule has 0 radical (unpaired) electrons. The lowest BCUT2D eigenvalue weighted by Gasteiger charge is -2.37. The van der Waals surface area contributed by atoms with Crippen molar-refractivity contribution >= 4 is 0 Å². The van der Waals surface area contributed by atoms with Crippen LogP contribution in [0.5, 0.6) is 0 Å². The van der Waals surface area contributed by atoms with Crippen molar-refractivity contribution in [1.82, 2.24) is 19.6 Å². The Kier molecular flexibility index (Phi) is 39.4. The van der Waals surface area contributed by atoms with Gasteiger partial charge in [-0.3, -0.25) is 0 Å². The molecule has 4 rings (SSSR count). The van der Waals surface area contributed by atoms with Crippen LogP contribution in [0.1, 0.15) is 334 Å². The van der Waals surface area contributed by atoms with E-state index in [9.17, 15) is 0 Å². The highest BCUT2D eigenvalue weighted by Gasteiger charge is 2.24. The van der Waals surface area contributed by atoms with Crippen molar-refractivity contribution in [2.24, 2.45) is 0 Å². The van der Waals surface area contributed by atoms with Crippen LogP contribution in [0, 0.1) is 0 Å². The second-order valence-electron chi connectivity index (χ2n) is 24.2. The van der Waals surface area contributed by atoms with E-state index in [1.807, 2.05) is 0 Å². The van der Waals surface area contributed by atoms with E-state index in [0.29, 0.717) is 0 Å². The van der Waals surface area contributed by atoms with E-state index in [2.05, 4.69) is 26.5 Å². The molecule has 4 nitrogen and oxygen atoms in total. The highest BCUT2D eigenvalue weighted by molar-refractivity contribution is 4.81. The van der Waals surface area contributed by atoms with Crippen molar-refractivity contribution in [3.8, 4) is 0 Å². The molecular formula is C64H126N4. The summed E-state index contributed by atoms with van der Waals surface area (Å²) >= 11 is 0. The predicted octanol–water partition coefficient (Wildman–Crippen LogP) is 19.3. The van der Waals surface area contributed by atoms with E-state index in [1.54, 1.807) is 0 Å². The minimum Gasteiger partial charge on any atom is -0.303 e. The number of hydrogen-bond donors (Lipinski definition) is 0. The summed E-state index contributed by atoms with van der Waals surface area (Å²) in [5, 5.41) is 0. The highest BCUT2D eigenvalue weighted by Crippen LogP contribution is 2.27. The molecule has 0 aromatic rings. The van der Waals surface area contributed by atoms with Crippen LogP contribution in [0.3, 0.4) is 0 Å². The molecular weight excluding hydrogens is 825 g/mol. The second kappa shape index (κ2) is 44.3. The van der Waals surface area contributed by atoms with E-state index in [1.165, 1.54) is 386 Å². The largest absolute Gasteiger partial charge is 0.303 e. The van der Waals surface area contributed by atoms with Crippen LogP contribution in [0.15, 0.2) is 0 Å². The lowest BCUT2D eigenvalue weighted by atomic mass is 9.93. The van der Waals surface area contributed by atoms with Crippen LogP contribution in [-0.4, -0.2) is 96.6 Å². The lowest BCUT2D eigenvalue weighted by molar-refractivity contribution is 0.127. The van der Waals surface area contributed by atoms with Gasteiger partial charge in [0.2, 0.25) is 0 Å². The topological polar surface area (TPSA) is 13.0 Å². The van der Waals surface area contributed by atoms with Crippen LogP contribution in [0.4, 0.5) is 0 Å². The Bertz CT molecular complexity index is 1000. The summed E-state index contributed by atoms with van der Waals surface area (Å²) in [6.07, 6.45) is 74.6. The standard InChI is InChI=1S/C64H126N4/c1-2-3-4-35-48-63(67-58-42-31-21-13-7-14-22-32-43-59-67)51-52-64(68-60-44-33-23-15-8-16-24-34-45-61-68)49-37-26-25-36-47-62(66-56-40-29-19-11-6-12-20-30-41-57-66)50-46-55-65-53-38-27-17-9-5-10-18-28-39-54-65/h62-64H,2-61H2,1H3. The third-order valence-corrected chi connectivity index (χ3v) is 18.2. The van der Waals surface area contributed by atoms with Crippen LogP contribution in [-0.2, 0) is 0 Å². The molecule has 0 amide bonds. The minimum atomic E-state index is 0.810. The summed E-state index contributed by atoms with van der Waals surface area (Å²) in [6, 6.07) is 2.45. The van der Waals surface area contributed by atoms with Crippen molar-refractivity contribution in [3.63, 3.8) is 0 Å². The van der Waals surface area contributed by atoms with Gasteiger partial charge in [-0.2, -0.15) is 0 Å². The van der Waals surface area contributed by atoms with Crippen molar-refractivity contribution in [2.45, 2.75) is 353 Å². The third-order valence-electron chi connectivity index (χ3n) is 18.2. The fraction of sp³-hybridized carbons (Fsp3) is 1.00. The van der Waals surface area contributed by atoms with Gasteiger partial charge in [0.25, 0.3) is 0 Å². The quantitative estimate of drug-likeness (QED) is 0.100. The summed E-state index contributed by atoms with van der Waals surface area (Å²) in [5.74, 6) is 0. The Morgan fingerprint density at radius 1 is 0.221 bits per heavy atom. The number of rotatable bonds is 22. The van der Waals surface area contributed by atoms with Gasteiger partial charge in [0.05, 0.1) is 0 Å². The maximum absolute atomic E-state index is 3.11. The Hall–Kier alpha value is -0.160. The first-order valence-corrected chi connectivity index (χ1v) is 32.8. The van der Waals surface area contributed by atoms with Crippen LogP contribution < -0.4 is 0 Å². The summed E-state index contributed by atoms with van der Waals surface area (Å²) < 4.78 is 0. The maximum atomic E-state index is 3.11. The fourth-order valence-corrected chi connectivity index (χ4v) is 13.7. The molecule has 402 valence electrons. The Morgan fingerprint density at radius 2 is 0.441 bits per heavy atom. The Morgan fingerprint density at radius 3 is 0.721 bits per heavy atom. The van der Waals surface area contributed by atoms with E-state index >= 15 is 0 Å². The molecule has 3 unspecified atom stereocenters. The fourth-order valence-electron chi connectivity index (χ4n) is 13.7. The average Bonchev–Trinajstić information content (AvgIpc) is 3.32. The van der Waals surface area contributed by atoms with E-state index in [4.69, 9.17) is 0 Å². The normalized spacial score (nSPS) is 24.0.